The van der Waals surface area contributed by atoms with E-state index >= 15 is 0 Å². The Kier molecular flexibility index (Phi) is 3.81. The fourth-order valence-electron chi connectivity index (χ4n) is 4.86. The van der Waals surface area contributed by atoms with Crippen LogP contribution in [-0.4, -0.2) is 28.0 Å². The highest BCUT2D eigenvalue weighted by atomic mass is 19.1. The van der Waals surface area contributed by atoms with E-state index in [0.29, 0.717) is 6.54 Å². The van der Waals surface area contributed by atoms with Gasteiger partial charge in [-0.3, -0.25) is 0 Å². The predicted molar refractivity (Wildman–Crippen MR) is 95.7 cm³/mol. The molecule has 0 spiro atoms. The van der Waals surface area contributed by atoms with Crippen LogP contribution in [0.3, 0.4) is 0 Å². The number of halogens is 1. The zero-order valence-electron chi connectivity index (χ0n) is 14.5. The number of nitrogens with two attached hydrogens (primary N) is 1. The maximum absolute atomic E-state index is 13.2. The summed E-state index contributed by atoms with van der Waals surface area (Å²) in [5, 5.41) is 14.1. The average Bonchev–Trinajstić information content (AvgIpc) is 3.13. The summed E-state index contributed by atoms with van der Waals surface area (Å²) in [5.74, 6) is -0.247. The molecule has 5 heteroatoms. The SMILES string of the molecule is C[C@]12Cc3cnn(-c4ccc(F)cc4)c3C=C1CC[C@]2(CN)CCO. The molecule has 0 saturated heterocycles. The monoisotopic (exact) mass is 341 g/mol. The van der Waals surface area contributed by atoms with Crippen LogP contribution in [-0.2, 0) is 6.42 Å². The lowest BCUT2D eigenvalue weighted by atomic mass is 9.59. The first-order valence-electron chi connectivity index (χ1n) is 8.88. The second kappa shape index (κ2) is 5.78. The van der Waals surface area contributed by atoms with Crippen LogP contribution in [0.4, 0.5) is 4.39 Å². The first-order chi connectivity index (χ1) is 12.0. The Labute approximate surface area is 147 Å². The van der Waals surface area contributed by atoms with Crippen LogP contribution in [0.2, 0.25) is 0 Å². The van der Waals surface area contributed by atoms with Gasteiger partial charge in [0.1, 0.15) is 5.82 Å². The number of fused-ring (bicyclic) bond motifs is 2. The van der Waals surface area contributed by atoms with Crippen LogP contribution in [0.25, 0.3) is 11.8 Å². The molecule has 2 aromatic rings. The van der Waals surface area contributed by atoms with Crippen LogP contribution < -0.4 is 5.73 Å². The molecule has 1 saturated carbocycles. The summed E-state index contributed by atoms with van der Waals surface area (Å²) < 4.78 is 15.1. The zero-order valence-corrected chi connectivity index (χ0v) is 14.5. The van der Waals surface area contributed by atoms with Crippen molar-refractivity contribution < 1.29 is 9.50 Å². The molecule has 2 atom stereocenters. The van der Waals surface area contributed by atoms with E-state index in [9.17, 15) is 9.50 Å². The van der Waals surface area contributed by atoms with E-state index in [1.165, 1.54) is 23.3 Å². The van der Waals surface area contributed by atoms with Crippen molar-refractivity contribution >= 4 is 6.08 Å². The normalized spacial score (nSPS) is 27.8. The number of hydrogen-bond donors (Lipinski definition) is 2. The highest BCUT2D eigenvalue weighted by Crippen LogP contribution is 2.61. The Morgan fingerprint density at radius 2 is 2.08 bits per heavy atom. The number of nitrogens with zero attached hydrogens (tertiary/aromatic N) is 2. The van der Waals surface area contributed by atoms with Crippen LogP contribution in [0, 0.1) is 16.6 Å². The number of allylic oxidation sites excluding steroid dienone is 1. The first-order valence-corrected chi connectivity index (χ1v) is 8.88. The number of hydrogen-bond acceptors (Lipinski definition) is 3. The number of aromatic nitrogens is 2. The van der Waals surface area contributed by atoms with Gasteiger partial charge in [-0.15, -0.1) is 0 Å². The quantitative estimate of drug-likeness (QED) is 0.898. The molecule has 4 rings (SSSR count). The molecule has 1 fully saturated rings. The molecule has 0 amide bonds. The van der Waals surface area contributed by atoms with Crippen molar-refractivity contribution in [3.8, 4) is 5.69 Å². The van der Waals surface area contributed by atoms with Gasteiger partial charge in [-0.05, 0) is 79.0 Å². The van der Waals surface area contributed by atoms with Crippen molar-refractivity contribution in [1.82, 2.24) is 9.78 Å². The molecule has 0 bridgehead atoms. The van der Waals surface area contributed by atoms with Gasteiger partial charge in [-0.25, -0.2) is 9.07 Å². The van der Waals surface area contributed by atoms with Crippen LogP contribution in [0.15, 0.2) is 36.0 Å². The summed E-state index contributed by atoms with van der Waals surface area (Å²) in [7, 11) is 0. The molecular weight excluding hydrogens is 317 g/mol. The Morgan fingerprint density at radius 3 is 2.76 bits per heavy atom. The third-order valence-corrected chi connectivity index (χ3v) is 6.55. The van der Waals surface area contributed by atoms with Crippen LogP contribution in [0.1, 0.15) is 37.4 Å². The molecule has 2 aliphatic rings. The number of benzene rings is 1. The van der Waals surface area contributed by atoms with Gasteiger partial charge >= 0.3 is 0 Å². The van der Waals surface area contributed by atoms with Crippen molar-refractivity contribution in [2.75, 3.05) is 13.2 Å². The molecular formula is C20H24FN3O. The maximum Gasteiger partial charge on any atom is 0.123 e. The van der Waals surface area contributed by atoms with E-state index in [1.54, 1.807) is 12.1 Å². The van der Waals surface area contributed by atoms with Crippen LogP contribution in [0.5, 0.6) is 0 Å². The lowest BCUT2D eigenvalue weighted by molar-refractivity contribution is 0.0834. The molecule has 1 heterocycles. The van der Waals surface area contributed by atoms with E-state index in [4.69, 9.17) is 5.73 Å². The van der Waals surface area contributed by atoms with Gasteiger partial charge in [-0.1, -0.05) is 12.5 Å². The van der Waals surface area contributed by atoms with E-state index < -0.39 is 0 Å². The highest BCUT2D eigenvalue weighted by Gasteiger charge is 2.54. The second-order valence-electron chi connectivity index (χ2n) is 7.58. The fraction of sp³-hybridized carbons (Fsp3) is 0.450. The van der Waals surface area contributed by atoms with E-state index in [-0.39, 0.29) is 23.3 Å². The molecule has 1 aromatic carbocycles. The van der Waals surface area contributed by atoms with Gasteiger partial charge in [0.25, 0.3) is 0 Å². The summed E-state index contributed by atoms with van der Waals surface area (Å²) >= 11 is 0. The number of rotatable bonds is 4. The van der Waals surface area contributed by atoms with Gasteiger partial charge < -0.3 is 10.8 Å². The largest absolute Gasteiger partial charge is 0.396 e. The topological polar surface area (TPSA) is 64.1 Å². The minimum atomic E-state index is -0.247. The van der Waals surface area contributed by atoms with Crippen molar-refractivity contribution in [2.24, 2.45) is 16.6 Å². The van der Waals surface area contributed by atoms with E-state index in [2.05, 4.69) is 18.1 Å². The molecule has 132 valence electrons. The Morgan fingerprint density at radius 1 is 1.32 bits per heavy atom. The summed E-state index contributed by atoms with van der Waals surface area (Å²) in [6, 6.07) is 6.42. The van der Waals surface area contributed by atoms with E-state index in [0.717, 1.165) is 37.1 Å². The summed E-state index contributed by atoms with van der Waals surface area (Å²) in [4.78, 5) is 0. The lowest BCUT2D eigenvalue weighted by Crippen LogP contribution is -2.45. The van der Waals surface area contributed by atoms with Gasteiger partial charge in [0.05, 0.1) is 17.6 Å². The molecule has 0 aliphatic heterocycles. The zero-order chi connectivity index (χ0) is 17.7. The minimum absolute atomic E-state index is 0.0336. The van der Waals surface area contributed by atoms with Gasteiger partial charge in [0.2, 0.25) is 0 Å². The molecule has 4 nitrogen and oxygen atoms in total. The Bertz CT molecular complexity index is 826. The second-order valence-corrected chi connectivity index (χ2v) is 7.58. The van der Waals surface area contributed by atoms with Crippen molar-refractivity contribution in [3.05, 3.63) is 53.1 Å². The lowest BCUT2D eigenvalue weighted by Gasteiger charge is -2.45. The smallest absolute Gasteiger partial charge is 0.123 e. The molecule has 1 aromatic heterocycles. The third-order valence-electron chi connectivity index (χ3n) is 6.55. The molecule has 25 heavy (non-hydrogen) atoms. The summed E-state index contributed by atoms with van der Waals surface area (Å²) in [6.07, 6.45) is 7.79. The number of aliphatic hydroxyl groups excluding tert-OH is 1. The van der Waals surface area contributed by atoms with Crippen molar-refractivity contribution in [1.29, 1.82) is 0 Å². The van der Waals surface area contributed by atoms with Gasteiger partial charge in [-0.2, -0.15) is 5.10 Å². The van der Waals surface area contributed by atoms with Crippen molar-refractivity contribution in [2.45, 2.75) is 32.6 Å². The van der Waals surface area contributed by atoms with E-state index in [1.807, 2.05) is 10.9 Å². The molecule has 0 unspecified atom stereocenters. The minimum Gasteiger partial charge on any atom is -0.396 e. The standard InChI is InChI=1S/C20H24FN3O/c1-19-11-14-12-23-24(17-4-2-16(21)3-5-17)18(14)10-15(19)6-7-20(19,13-22)8-9-25/h2-5,10,12,25H,6-9,11,13,22H2,1H3/t19-,20+/m0/s1. The van der Waals surface area contributed by atoms with Crippen LogP contribution >= 0.6 is 0 Å². The molecule has 2 aliphatic carbocycles. The van der Waals surface area contributed by atoms with Gasteiger partial charge in [0, 0.05) is 6.61 Å². The Hall–Kier alpha value is -1.98. The first kappa shape index (κ1) is 16.5. The highest BCUT2D eigenvalue weighted by molar-refractivity contribution is 5.62. The summed E-state index contributed by atoms with van der Waals surface area (Å²) in [5.41, 5.74) is 10.6. The number of aliphatic hydroxyl groups is 1. The summed E-state index contributed by atoms with van der Waals surface area (Å²) in [6.45, 7) is 3.04. The molecule has 0 radical (unpaired) electrons. The maximum atomic E-state index is 13.2. The predicted octanol–water partition coefficient (Wildman–Crippen LogP) is 3.08. The third kappa shape index (κ3) is 2.29. The average molecular weight is 341 g/mol. The Balaban J connectivity index is 1.77. The fourth-order valence-corrected chi connectivity index (χ4v) is 4.86. The van der Waals surface area contributed by atoms with Gasteiger partial charge in [0.15, 0.2) is 0 Å². The molecule has 3 N–H and O–H groups in total. The van der Waals surface area contributed by atoms with Crippen molar-refractivity contribution in [3.63, 3.8) is 0 Å².